The fourth-order valence-electron chi connectivity index (χ4n) is 1.11. The molecule has 0 aromatic carbocycles. The Morgan fingerprint density at radius 2 is 1.80 bits per heavy atom. The van der Waals surface area contributed by atoms with Crippen molar-refractivity contribution in [1.82, 2.24) is 5.16 Å². The zero-order chi connectivity index (χ0) is 11.7. The Bertz CT molecular complexity index is 317. The van der Waals surface area contributed by atoms with Gasteiger partial charge in [0.1, 0.15) is 11.3 Å². The summed E-state index contributed by atoms with van der Waals surface area (Å²) in [6.07, 6.45) is 1.77. The summed E-state index contributed by atoms with van der Waals surface area (Å²) in [5.41, 5.74) is 1.63. The summed E-state index contributed by atoms with van der Waals surface area (Å²) in [6.45, 7) is 13.2. The van der Waals surface area contributed by atoms with Gasteiger partial charge in [-0.25, -0.2) is 0 Å². The smallest absolute Gasteiger partial charge is 0.143 e. The van der Waals surface area contributed by atoms with Crippen LogP contribution in [-0.4, -0.2) is 10.9 Å². The second-order valence-electron chi connectivity index (χ2n) is 6.13. The van der Waals surface area contributed by atoms with Gasteiger partial charge in [0.2, 0.25) is 0 Å². The Morgan fingerprint density at radius 1 is 1.20 bits per heavy atom. The van der Waals surface area contributed by atoms with E-state index in [4.69, 9.17) is 4.52 Å². The molecule has 0 saturated carbocycles. The van der Waals surface area contributed by atoms with Crippen molar-refractivity contribution >= 4 is 11.8 Å². The molecule has 0 unspecified atom stereocenters. The van der Waals surface area contributed by atoms with Crippen LogP contribution in [0.2, 0.25) is 0 Å². The van der Waals surface area contributed by atoms with E-state index in [1.54, 1.807) is 18.0 Å². The molecule has 3 heteroatoms. The first kappa shape index (κ1) is 12.6. The van der Waals surface area contributed by atoms with Crippen LogP contribution >= 0.6 is 11.8 Å². The predicted molar refractivity (Wildman–Crippen MR) is 65.4 cm³/mol. The van der Waals surface area contributed by atoms with Gasteiger partial charge >= 0.3 is 0 Å². The third-order valence-electron chi connectivity index (χ3n) is 1.99. The Kier molecular flexibility index (Phi) is 3.54. The first-order chi connectivity index (χ1) is 6.70. The van der Waals surface area contributed by atoms with Crippen LogP contribution in [0.25, 0.3) is 0 Å². The van der Waals surface area contributed by atoms with Crippen molar-refractivity contribution < 1.29 is 4.52 Å². The van der Waals surface area contributed by atoms with Gasteiger partial charge in [-0.3, -0.25) is 0 Å². The van der Waals surface area contributed by atoms with Crippen molar-refractivity contribution in [3.05, 3.63) is 11.8 Å². The van der Waals surface area contributed by atoms with Crippen molar-refractivity contribution in [3.63, 3.8) is 0 Å². The Morgan fingerprint density at radius 3 is 2.27 bits per heavy atom. The number of rotatable bonds is 2. The van der Waals surface area contributed by atoms with E-state index < -0.39 is 0 Å². The highest BCUT2D eigenvalue weighted by Crippen LogP contribution is 2.34. The van der Waals surface area contributed by atoms with Gasteiger partial charge in [-0.05, 0) is 10.8 Å². The van der Waals surface area contributed by atoms with Crippen molar-refractivity contribution in [2.75, 3.05) is 5.75 Å². The molecule has 0 saturated heterocycles. The summed E-state index contributed by atoms with van der Waals surface area (Å²) in [5, 5.41) is 5.11. The molecule has 1 aromatic rings. The van der Waals surface area contributed by atoms with E-state index in [0.29, 0.717) is 5.41 Å². The highest BCUT2D eigenvalue weighted by molar-refractivity contribution is 7.99. The molecule has 0 amide bonds. The van der Waals surface area contributed by atoms with E-state index in [1.165, 1.54) is 5.56 Å². The molecular formula is C12H21NOS. The van der Waals surface area contributed by atoms with Crippen LogP contribution in [0.3, 0.4) is 0 Å². The highest BCUT2D eigenvalue weighted by atomic mass is 32.2. The second kappa shape index (κ2) is 4.20. The van der Waals surface area contributed by atoms with Crippen LogP contribution in [0.1, 0.15) is 47.1 Å². The van der Waals surface area contributed by atoms with Crippen LogP contribution in [0.15, 0.2) is 15.8 Å². The molecule has 1 aromatic heterocycles. The molecule has 0 atom stereocenters. The van der Waals surface area contributed by atoms with E-state index in [-0.39, 0.29) is 5.41 Å². The summed E-state index contributed by atoms with van der Waals surface area (Å²) in [4.78, 5) is 0. The zero-order valence-electron chi connectivity index (χ0n) is 10.5. The lowest BCUT2D eigenvalue weighted by Gasteiger charge is -2.19. The minimum Gasteiger partial charge on any atom is -0.363 e. The maximum Gasteiger partial charge on any atom is 0.143 e. The summed E-state index contributed by atoms with van der Waals surface area (Å²) in [6, 6.07) is 0. The summed E-state index contributed by atoms with van der Waals surface area (Å²) >= 11 is 1.78. The van der Waals surface area contributed by atoms with E-state index >= 15 is 0 Å². The van der Waals surface area contributed by atoms with Crippen molar-refractivity contribution in [3.8, 4) is 0 Å². The molecule has 0 bridgehead atoms. The highest BCUT2D eigenvalue weighted by Gasteiger charge is 2.23. The van der Waals surface area contributed by atoms with Crippen molar-refractivity contribution in [1.29, 1.82) is 0 Å². The van der Waals surface area contributed by atoms with Crippen LogP contribution in [0.4, 0.5) is 0 Å². The van der Waals surface area contributed by atoms with E-state index in [0.717, 1.165) is 10.8 Å². The molecule has 0 N–H and O–H groups in total. The van der Waals surface area contributed by atoms with Crippen LogP contribution in [-0.2, 0) is 5.41 Å². The van der Waals surface area contributed by atoms with Gasteiger partial charge in [-0.1, -0.05) is 46.7 Å². The molecule has 86 valence electrons. The van der Waals surface area contributed by atoms with Gasteiger partial charge in [0.15, 0.2) is 0 Å². The molecule has 0 aliphatic heterocycles. The summed E-state index contributed by atoms with van der Waals surface area (Å²) in [5.74, 6) is 1.06. The lowest BCUT2D eigenvalue weighted by atomic mass is 9.90. The minimum atomic E-state index is 0.111. The Labute approximate surface area is 96.8 Å². The lowest BCUT2D eigenvalue weighted by Crippen LogP contribution is -2.13. The quantitative estimate of drug-likeness (QED) is 0.711. The molecule has 0 fully saturated rings. The molecule has 0 aliphatic carbocycles. The molecule has 0 spiro atoms. The van der Waals surface area contributed by atoms with Gasteiger partial charge < -0.3 is 4.52 Å². The average Bonchev–Trinajstić information content (AvgIpc) is 2.45. The average molecular weight is 227 g/mol. The van der Waals surface area contributed by atoms with Crippen LogP contribution in [0.5, 0.6) is 0 Å². The summed E-state index contributed by atoms with van der Waals surface area (Å²) in [7, 11) is 0. The third kappa shape index (κ3) is 3.90. The fourth-order valence-corrected chi connectivity index (χ4v) is 2.29. The SMILES string of the molecule is CC(C)(C)CSc1nocc1C(C)(C)C. The predicted octanol–water partition coefficient (Wildman–Crippen LogP) is 4.11. The lowest BCUT2D eigenvalue weighted by molar-refractivity contribution is 0.402. The Balaban J connectivity index is 2.75. The third-order valence-corrected chi connectivity index (χ3v) is 3.56. The Hall–Kier alpha value is -0.440. The number of thioether (sulfide) groups is 1. The molecule has 0 radical (unpaired) electrons. The van der Waals surface area contributed by atoms with Gasteiger partial charge in [-0.15, -0.1) is 11.8 Å². The molecule has 15 heavy (non-hydrogen) atoms. The summed E-state index contributed by atoms with van der Waals surface area (Å²) < 4.78 is 5.07. The molecule has 0 aliphatic rings. The number of nitrogens with zero attached hydrogens (tertiary/aromatic N) is 1. The number of aromatic nitrogens is 1. The van der Waals surface area contributed by atoms with Crippen LogP contribution < -0.4 is 0 Å². The molecular weight excluding hydrogens is 206 g/mol. The first-order valence-electron chi connectivity index (χ1n) is 5.28. The molecule has 1 rings (SSSR count). The standard InChI is InChI=1S/C12H21NOS/c1-11(2,3)8-15-10-9(7-14-13-10)12(4,5)6/h7H,8H2,1-6H3. The number of hydrogen-bond donors (Lipinski definition) is 0. The van der Waals surface area contributed by atoms with Gasteiger partial charge in [-0.2, -0.15) is 0 Å². The number of hydrogen-bond acceptors (Lipinski definition) is 3. The maximum absolute atomic E-state index is 5.07. The van der Waals surface area contributed by atoms with Gasteiger partial charge in [0.25, 0.3) is 0 Å². The topological polar surface area (TPSA) is 26.0 Å². The normalized spacial score (nSPS) is 13.2. The largest absolute Gasteiger partial charge is 0.363 e. The molecule has 2 nitrogen and oxygen atoms in total. The van der Waals surface area contributed by atoms with E-state index in [2.05, 4.69) is 46.7 Å². The van der Waals surface area contributed by atoms with Crippen molar-refractivity contribution in [2.45, 2.75) is 52.0 Å². The van der Waals surface area contributed by atoms with E-state index in [1.807, 2.05) is 0 Å². The fraction of sp³-hybridized carbons (Fsp3) is 0.750. The first-order valence-corrected chi connectivity index (χ1v) is 6.26. The van der Waals surface area contributed by atoms with Crippen molar-refractivity contribution in [2.24, 2.45) is 5.41 Å². The second-order valence-corrected chi connectivity index (χ2v) is 7.10. The molecule has 1 heterocycles. The van der Waals surface area contributed by atoms with Gasteiger partial charge in [0.05, 0.1) is 0 Å². The van der Waals surface area contributed by atoms with E-state index in [9.17, 15) is 0 Å². The minimum absolute atomic E-state index is 0.111. The zero-order valence-corrected chi connectivity index (χ0v) is 11.4. The monoisotopic (exact) mass is 227 g/mol. The van der Waals surface area contributed by atoms with Crippen LogP contribution in [0, 0.1) is 5.41 Å². The van der Waals surface area contributed by atoms with Gasteiger partial charge in [0, 0.05) is 11.3 Å². The maximum atomic E-state index is 5.07.